The van der Waals surface area contributed by atoms with Crippen LogP contribution in [-0.4, -0.2) is 38.8 Å². The number of nitrogens with one attached hydrogen (secondary N) is 2. The molecule has 0 aromatic heterocycles. The molecule has 0 unspecified atom stereocenters. The van der Waals surface area contributed by atoms with Gasteiger partial charge in [-0.05, 0) is 36.2 Å². The maximum atomic E-state index is 12.3. The van der Waals surface area contributed by atoms with Crippen LogP contribution in [0.3, 0.4) is 0 Å². The summed E-state index contributed by atoms with van der Waals surface area (Å²) in [6.45, 7) is 5.90. The first-order valence-corrected chi connectivity index (χ1v) is 9.30. The highest BCUT2D eigenvalue weighted by molar-refractivity contribution is 5.94. The van der Waals surface area contributed by atoms with E-state index in [-0.39, 0.29) is 5.91 Å². The van der Waals surface area contributed by atoms with E-state index in [0.29, 0.717) is 13.0 Å². The van der Waals surface area contributed by atoms with Gasteiger partial charge in [-0.1, -0.05) is 31.2 Å². The highest BCUT2D eigenvalue weighted by Gasteiger charge is 2.15. The van der Waals surface area contributed by atoms with Crippen LogP contribution in [0.25, 0.3) is 0 Å². The number of carbonyl (C=O) groups is 1. The van der Waals surface area contributed by atoms with Crippen molar-refractivity contribution in [3.8, 4) is 0 Å². The standard InChI is InChI=1S/C21H27N3O2/c1-2-17-7-9-18(10-8-17)22-12-11-21(25)23-19-5-3-4-6-20(19)24-13-15-26-16-14-24/h3-10,22H,2,11-16H2,1H3,(H,23,25). The molecule has 0 bridgehead atoms. The van der Waals surface area contributed by atoms with Crippen LogP contribution < -0.4 is 15.5 Å². The lowest BCUT2D eigenvalue weighted by molar-refractivity contribution is -0.115. The molecule has 138 valence electrons. The number of hydrogen-bond donors (Lipinski definition) is 2. The number of aryl methyl sites for hydroxylation is 1. The molecule has 26 heavy (non-hydrogen) atoms. The lowest BCUT2D eigenvalue weighted by Gasteiger charge is -2.30. The Labute approximate surface area is 155 Å². The Morgan fingerprint density at radius 3 is 2.54 bits per heavy atom. The smallest absolute Gasteiger partial charge is 0.226 e. The molecule has 0 saturated carbocycles. The molecule has 0 aliphatic carbocycles. The minimum absolute atomic E-state index is 0.0170. The van der Waals surface area contributed by atoms with Crippen molar-refractivity contribution in [1.82, 2.24) is 0 Å². The predicted octanol–water partition coefficient (Wildman–Crippen LogP) is 3.53. The first-order chi connectivity index (χ1) is 12.8. The molecule has 5 nitrogen and oxygen atoms in total. The zero-order valence-corrected chi connectivity index (χ0v) is 15.3. The lowest BCUT2D eigenvalue weighted by Crippen LogP contribution is -2.36. The van der Waals surface area contributed by atoms with Gasteiger partial charge in [0.05, 0.1) is 24.6 Å². The number of benzene rings is 2. The number of anilines is 3. The van der Waals surface area contributed by atoms with Crippen LogP contribution in [0.5, 0.6) is 0 Å². The summed E-state index contributed by atoms with van der Waals surface area (Å²) < 4.78 is 5.41. The molecule has 2 aromatic carbocycles. The van der Waals surface area contributed by atoms with Crippen LogP contribution in [0.4, 0.5) is 17.1 Å². The summed E-state index contributed by atoms with van der Waals surface area (Å²) >= 11 is 0. The van der Waals surface area contributed by atoms with E-state index in [0.717, 1.165) is 49.8 Å². The van der Waals surface area contributed by atoms with E-state index in [1.165, 1.54) is 5.56 Å². The maximum absolute atomic E-state index is 12.3. The average Bonchev–Trinajstić information content (AvgIpc) is 2.69. The number of morpholine rings is 1. The number of nitrogens with zero attached hydrogens (tertiary/aromatic N) is 1. The second-order valence-corrected chi connectivity index (χ2v) is 6.39. The van der Waals surface area contributed by atoms with Gasteiger partial charge in [0, 0.05) is 31.7 Å². The molecule has 0 spiro atoms. The molecule has 5 heteroatoms. The minimum atomic E-state index is 0.0170. The van der Waals surface area contributed by atoms with Gasteiger partial charge in [-0.15, -0.1) is 0 Å². The van der Waals surface area contributed by atoms with Crippen molar-refractivity contribution in [2.75, 3.05) is 48.4 Å². The predicted molar refractivity (Wildman–Crippen MR) is 107 cm³/mol. The number of amides is 1. The highest BCUT2D eigenvalue weighted by Crippen LogP contribution is 2.26. The fraction of sp³-hybridized carbons (Fsp3) is 0.381. The van der Waals surface area contributed by atoms with E-state index in [9.17, 15) is 4.79 Å². The van der Waals surface area contributed by atoms with Crippen molar-refractivity contribution in [2.24, 2.45) is 0 Å². The van der Waals surface area contributed by atoms with Crippen LogP contribution in [0.2, 0.25) is 0 Å². The van der Waals surface area contributed by atoms with Gasteiger partial charge in [0.1, 0.15) is 0 Å². The second-order valence-electron chi connectivity index (χ2n) is 6.39. The van der Waals surface area contributed by atoms with Crippen LogP contribution in [0.1, 0.15) is 18.9 Å². The molecule has 1 amide bonds. The van der Waals surface area contributed by atoms with E-state index in [4.69, 9.17) is 4.74 Å². The van der Waals surface area contributed by atoms with Gasteiger partial charge in [-0.3, -0.25) is 4.79 Å². The second kappa shape index (κ2) is 9.25. The van der Waals surface area contributed by atoms with Crippen molar-refractivity contribution in [3.63, 3.8) is 0 Å². The van der Waals surface area contributed by atoms with Gasteiger partial charge in [0.2, 0.25) is 5.91 Å². The molecule has 1 aliphatic heterocycles. The Hall–Kier alpha value is -2.53. The van der Waals surface area contributed by atoms with Crippen LogP contribution in [-0.2, 0) is 16.0 Å². The summed E-state index contributed by atoms with van der Waals surface area (Å²) in [5, 5.41) is 6.35. The van der Waals surface area contributed by atoms with Crippen molar-refractivity contribution >= 4 is 23.0 Å². The number of ether oxygens (including phenoxy) is 1. The molecule has 3 rings (SSSR count). The molecule has 1 aliphatic rings. The summed E-state index contributed by atoms with van der Waals surface area (Å²) in [5.74, 6) is 0.0170. The van der Waals surface area contributed by atoms with E-state index in [1.54, 1.807) is 0 Å². The zero-order chi connectivity index (χ0) is 18.2. The zero-order valence-electron chi connectivity index (χ0n) is 15.3. The largest absolute Gasteiger partial charge is 0.385 e. The summed E-state index contributed by atoms with van der Waals surface area (Å²) in [6, 6.07) is 16.3. The number of rotatable bonds is 7. The Morgan fingerprint density at radius 2 is 1.81 bits per heavy atom. The van der Waals surface area contributed by atoms with E-state index in [2.05, 4.69) is 52.8 Å². The van der Waals surface area contributed by atoms with E-state index in [1.807, 2.05) is 18.2 Å². The lowest BCUT2D eigenvalue weighted by atomic mass is 10.1. The average molecular weight is 353 g/mol. The SMILES string of the molecule is CCc1ccc(NCCC(=O)Nc2ccccc2N2CCOCC2)cc1. The molecule has 0 radical (unpaired) electrons. The third-order valence-corrected chi connectivity index (χ3v) is 4.57. The van der Waals surface area contributed by atoms with E-state index >= 15 is 0 Å². The summed E-state index contributed by atoms with van der Waals surface area (Å²) in [4.78, 5) is 14.6. The van der Waals surface area contributed by atoms with Crippen molar-refractivity contribution < 1.29 is 9.53 Å². The van der Waals surface area contributed by atoms with Crippen molar-refractivity contribution in [2.45, 2.75) is 19.8 Å². The Morgan fingerprint density at radius 1 is 1.08 bits per heavy atom. The van der Waals surface area contributed by atoms with Gasteiger partial charge >= 0.3 is 0 Å². The maximum Gasteiger partial charge on any atom is 0.226 e. The fourth-order valence-corrected chi connectivity index (χ4v) is 3.05. The van der Waals surface area contributed by atoms with Crippen LogP contribution in [0, 0.1) is 0 Å². The first kappa shape index (κ1) is 18.3. The van der Waals surface area contributed by atoms with Crippen LogP contribution in [0.15, 0.2) is 48.5 Å². The highest BCUT2D eigenvalue weighted by atomic mass is 16.5. The van der Waals surface area contributed by atoms with Gasteiger partial charge < -0.3 is 20.3 Å². The molecular formula is C21H27N3O2. The van der Waals surface area contributed by atoms with Gasteiger partial charge in [0.15, 0.2) is 0 Å². The molecule has 1 saturated heterocycles. The molecule has 1 fully saturated rings. The number of hydrogen-bond acceptors (Lipinski definition) is 4. The summed E-state index contributed by atoms with van der Waals surface area (Å²) in [6.07, 6.45) is 1.46. The number of carbonyl (C=O) groups excluding carboxylic acids is 1. The minimum Gasteiger partial charge on any atom is -0.385 e. The van der Waals surface area contributed by atoms with Crippen molar-refractivity contribution in [1.29, 1.82) is 0 Å². The van der Waals surface area contributed by atoms with Crippen LogP contribution >= 0.6 is 0 Å². The Kier molecular flexibility index (Phi) is 6.50. The number of para-hydroxylation sites is 2. The monoisotopic (exact) mass is 353 g/mol. The Balaban J connectivity index is 1.51. The Bertz CT molecular complexity index is 709. The van der Waals surface area contributed by atoms with Gasteiger partial charge in [-0.25, -0.2) is 0 Å². The molecular weight excluding hydrogens is 326 g/mol. The normalized spacial score (nSPS) is 14.1. The van der Waals surface area contributed by atoms with E-state index < -0.39 is 0 Å². The first-order valence-electron chi connectivity index (χ1n) is 9.30. The molecule has 1 heterocycles. The molecule has 2 N–H and O–H groups in total. The topological polar surface area (TPSA) is 53.6 Å². The summed E-state index contributed by atoms with van der Waals surface area (Å²) in [5.41, 5.74) is 4.29. The quantitative estimate of drug-likeness (QED) is 0.800. The fourth-order valence-electron chi connectivity index (χ4n) is 3.05. The van der Waals surface area contributed by atoms with Gasteiger partial charge in [-0.2, -0.15) is 0 Å². The van der Waals surface area contributed by atoms with Crippen molar-refractivity contribution in [3.05, 3.63) is 54.1 Å². The third kappa shape index (κ3) is 4.99. The molecule has 2 aromatic rings. The third-order valence-electron chi connectivity index (χ3n) is 4.57. The van der Waals surface area contributed by atoms with Gasteiger partial charge in [0.25, 0.3) is 0 Å². The summed E-state index contributed by atoms with van der Waals surface area (Å²) in [7, 11) is 0. The molecule has 0 atom stereocenters.